The minimum atomic E-state index is -5.63. The number of rotatable bonds is 47. The lowest BCUT2D eigenvalue weighted by atomic mass is 9.84. The second-order valence-electron chi connectivity index (χ2n) is 23.0. The second-order valence-corrected chi connectivity index (χ2v) is 24.4. The summed E-state index contributed by atoms with van der Waals surface area (Å²) < 4.78 is 58.2. The largest absolute Gasteiger partial charge is 0.472 e. The molecule has 3 rings (SSSR count). The number of phosphoric acid groups is 1. The van der Waals surface area contributed by atoms with Crippen molar-refractivity contribution in [1.82, 2.24) is 0 Å². The summed E-state index contributed by atoms with van der Waals surface area (Å²) in [5.41, 5.74) is 0. The summed E-state index contributed by atoms with van der Waals surface area (Å²) in [4.78, 5) is 37.6. The van der Waals surface area contributed by atoms with Crippen LogP contribution in [0.5, 0.6) is 0 Å². The number of carbonyl (C=O) groups excluding carboxylic acids is 2. The van der Waals surface area contributed by atoms with Crippen LogP contribution in [0, 0.1) is 0 Å². The molecule has 2 saturated heterocycles. The van der Waals surface area contributed by atoms with Crippen molar-refractivity contribution in [3.05, 3.63) is 0 Å². The van der Waals surface area contributed by atoms with Gasteiger partial charge in [0.05, 0.1) is 19.8 Å². The molecule has 0 spiro atoms. The topological polar surface area (TPSA) is 368 Å². The van der Waals surface area contributed by atoms with Crippen molar-refractivity contribution < 1.29 is 113 Å². The third-order valence-electron chi connectivity index (χ3n) is 15.9. The van der Waals surface area contributed by atoms with Crippen LogP contribution in [0.3, 0.4) is 0 Å². The van der Waals surface area contributed by atoms with Gasteiger partial charge in [-0.3, -0.25) is 18.6 Å². The van der Waals surface area contributed by atoms with Crippen LogP contribution in [0.2, 0.25) is 0 Å². The van der Waals surface area contributed by atoms with Crippen LogP contribution in [0.25, 0.3) is 0 Å². The van der Waals surface area contributed by atoms with E-state index in [4.69, 9.17) is 37.5 Å². The van der Waals surface area contributed by atoms with Crippen LogP contribution in [0.4, 0.5) is 0 Å². The highest BCUT2D eigenvalue weighted by atomic mass is 31.2. The van der Waals surface area contributed by atoms with Gasteiger partial charge in [0.15, 0.2) is 18.7 Å². The molecule has 0 aromatic carbocycles. The Hall–Kier alpha value is -1.55. The molecule has 1 saturated carbocycles. The highest BCUT2D eigenvalue weighted by Gasteiger charge is 2.58. The third kappa shape index (κ3) is 28.1. The molecule has 82 heavy (non-hydrogen) atoms. The Morgan fingerprint density at radius 1 is 0.415 bits per heavy atom. The maximum Gasteiger partial charge on any atom is 0.472 e. The monoisotopic (exact) mass is 1200 g/mol. The minimum absolute atomic E-state index is 0.0243. The molecule has 0 radical (unpaired) electrons. The molecule has 0 amide bonds. The maximum atomic E-state index is 14.1. The maximum absolute atomic E-state index is 14.1. The van der Waals surface area contributed by atoms with Crippen molar-refractivity contribution in [2.45, 2.75) is 330 Å². The van der Waals surface area contributed by atoms with Gasteiger partial charge in [0.2, 0.25) is 0 Å². The molecular formula is C58H109O23P. The van der Waals surface area contributed by atoms with Crippen LogP contribution in [0.15, 0.2) is 0 Å². The van der Waals surface area contributed by atoms with Gasteiger partial charge in [-0.15, -0.1) is 0 Å². The van der Waals surface area contributed by atoms with E-state index in [1.165, 1.54) is 128 Å². The lowest BCUT2D eigenvalue weighted by molar-refractivity contribution is -0.360. The smallest absolute Gasteiger partial charge is 0.462 e. The van der Waals surface area contributed by atoms with Crippen molar-refractivity contribution in [2.75, 3.05) is 26.4 Å². The average molecular weight is 1210 g/mol. The molecule has 0 aromatic heterocycles. The average Bonchev–Trinajstić information content (AvgIpc) is 3.58. The van der Waals surface area contributed by atoms with Gasteiger partial charge in [0.25, 0.3) is 0 Å². The Morgan fingerprint density at radius 2 is 0.732 bits per heavy atom. The van der Waals surface area contributed by atoms with E-state index >= 15 is 0 Å². The van der Waals surface area contributed by atoms with Crippen LogP contribution in [-0.2, 0) is 51.6 Å². The van der Waals surface area contributed by atoms with E-state index in [1.807, 2.05) is 0 Å². The molecule has 484 valence electrons. The van der Waals surface area contributed by atoms with E-state index in [0.29, 0.717) is 12.8 Å². The molecular weight excluding hydrogens is 1100 g/mol. The van der Waals surface area contributed by atoms with Crippen LogP contribution in [-0.4, -0.2) is 204 Å². The zero-order chi connectivity index (χ0) is 60.3. The summed E-state index contributed by atoms with van der Waals surface area (Å²) in [7, 11) is -5.63. The van der Waals surface area contributed by atoms with Gasteiger partial charge in [0, 0.05) is 12.8 Å². The lowest BCUT2D eigenvalue weighted by Gasteiger charge is -2.49. The van der Waals surface area contributed by atoms with Crippen LogP contribution >= 0.6 is 7.82 Å². The summed E-state index contributed by atoms with van der Waals surface area (Å²) in [6, 6.07) is 0. The molecule has 3 aliphatic rings. The van der Waals surface area contributed by atoms with Gasteiger partial charge < -0.3 is 89.5 Å². The van der Waals surface area contributed by atoms with Crippen LogP contribution < -0.4 is 0 Å². The van der Waals surface area contributed by atoms with Gasteiger partial charge in [-0.2, -0.15) is 0 Å². The number of esters is 2. The molecule has 16 unspecified atom stereocenters. The van der Waals surface area contributed by atoms with Gasteiger partial charge in [-0.1, -0.05) is 200 Å². The first-order valence-corrected chi connectivity index (χ1v) is 32.9. The summed E-state index contributed by atoms with van der Waals surface area (Å²) in [6.45, 7) is 1.05. The second kappa shape index (κ2) is 43.2. The van der Waals surface area contributed by atoms with E-state index in [2.05, 4.69) is 13.8 Å². The zero-order valence-corrected chi connectivity index (χ0v) is 50.2. The Bertz CT molecular complexity index is 1630. The van der Waals surface area contributed by atoms with E-state index in [0.717, 1.165) is 57.8 Å². The molecule has 2 heterocycles. The van der Waals surface area contributed by atoms with Crippen molar-refractivity contribution in [3.8, 4) is 0 Å². The van der Waals surface area contributed by atoms with Crippen molar-refractivity contribution in [2.24, 2.45) is 0 Å². The Kier molecular flexibility index (Phi) is 39.3. The minimum Gasteiger partial charge on any atom is -0.462 e. The Balaban J connectivity index is 1.66. The fraction of sp³-hybridized carbons (Fsp3) is 0.966. The molecule has 2 aliphatic heterocycles. The summed E-state index contributed by atoms with van der Waals surface area (Å²) in [5.74, 6) is -1.32. The normalized spacial score (nSPS) is 30.7. The molecule has 12 N–H and O–H groups in total. The molecule has 24 heteroatoms. The number of ether oxygens (including phenoxy) is 6. The van der Waals surface area contributed by atoms with Gasteiger partial charge in [-0.25, -0.2) is 4.57 Å². The number of hydrogen-bond acceptors (Lipinski definition) is 22. The van der Waals surface area contributed by atoms with Gasteiger partial charge >= 0.3 is 19.8 Å². The molecule has 0 aromatic rings. The van der Waals surface area contributed by atoms with Gasteiger partial charge in [-0.05, 0) is 12.8 Å². The molecule has 0 bridgehead atoms. The van der Waals surface area contributed by atoms with E-state index in [-0.39, 0.29) is 12.8 Å². The number of phosphoric ester groups is 1. The van der Waals surface area contributed by atoms with Crippen molar-refractivity contribution >= 4 is 19.8 Å². The highest BCUT2D eigenvalue weighted by Crippen LogP contribution is 2.49. The van der Waals surface area contributed by atoms with Gasteiger partial charge in [0.1, 0.15) is 92.1 Å². The first-order chi connectivity index (χ1) is 39.4. The number of unbranched alkanes of at least 4 members (excludes halogenated alkanes) is 29. The highest BCUT2D eigenvalue weighted by molar-refractivity contribution is 7.47. The molecule has 16 atom stereocenters. The number of carbonyl (C=O) groups is 2. The third-order valence-corrected chi connectivity index (χ3v) is 16.9. The van der Waals surface area contributed by atoms with Crippen LogP contribution in [0.1, 0.15) is 226 Å². The molecule has 3 fully saturated rings. The predicted octanol–water partition coefficient (Wildman–Crippen LogP) is 5.32. The van der Waals surface area contributed by atoms with E-state index < -0.39 is 150 Å². The number of aliphatic hydroxyl groups excluding tert-OH is 11. The summed E-state index contributed by atoms with van der Waals surface area (Å²) >= 11 is 0. The molecule has 23 nitrogen and oxygen atoms in total. The summed E-state index contributed by atoms with van der Waals surface area (Å²) in [6.07, 6.45) is 0.664. The lowest BCUT2D eigenvalue weighted by Crippen LogP contribution is -2.69. The number of aliphatic hydroxyl groups is 11. The van der Waals surface area contributed by atoms with Crippen molar-refractivity contribution in [1.29, 1.82) is 0 Å². The number of hydrogen-bond donors (Lipinski definition) is 12. The zero-order valence-electron chi connectivity index (χ0n) is 49.3. The first-order valence-electron chi connectivity index (χ1n) is 31.4. The standard InChI is InChI=1S/C58H109O23P/c1-3-5-7-9-11-13-15-17-19-20-21-23-25-27-29-31-33-35-44(62)76-40(38-74-43(61)34-32-30-28-26-24-22-18-16-14-12-10-8-6-4-2)39-75-82(72,73)81-56-54(79-57-52(70)47(65)45(63)41(36-59)77-57)50(68)49(67)51(69)55(56)80-58-53(71)48(66)46(64)42(37-60)78-58/h40-42,45-60,63-71H,3-39H2,1-2H3,(H,72,73). The fourth-order valence-corrected chi connectivity index (χ4v) is 11.7. The van der Waals surface area contributed by atoms with Crippen molar-refractivity contribution in [3.63, 3.8) is 0 Å². The Labute approximate surface area is 487 Å². The SMILES string of the molecule is CCCCCCCCCCCCCCCCCCCC(=O)OC(COC(=O)CCCCCCCCCCCCCCCC)COP(=O)(O)OC1C(OC2OC(CO)C(O)C(O)C2O)C(O)C(O)C(O)C1OC1OC(CO)C(O)C(O)C1O. The van der Waals surface area contributed by atoms with E-state index in [1.54, 1.807) is 0 Å². The predicted molar refractivity (Wildman–Crippen MR) is 300 cm³/mol. The van der Waals surface area contributed by atoms with E-state index in [9.17, 15) is 75.2 Å². The first kappa shape index (κ1) is 74.7. The fourth-order valence-electron chi connectivity index (χ4n) is 10.7. The molecule has 1 aliphatic carbocycles. The summed E-state index contributed by atoms with van der Waals surface area (Å²) in [5, 5.41) is 117. The quantitative estimate of drug-likeness (QED) is 0.0208. The Morgan fingerprint density at radius 3 is 1.07 bits per heavy atom.